The Morgan fingerprint density at radius 3 is 2.44 bits per heavy atom. The van der Waals surface area contributed by atoms with Crippen molar-refractivity contribution in [3.8, 4) is 0 Å². The largest absolute Gasteiger partial charge is 0.416 e. The zero-order valence-electron chi connectivity index (χ0n) is 14.7. The molecule has 0 radical (unpaired) electrons. The third-order valence-corrected chi connectivity index (χ3v) is 4.88. The van der Waals surface area contributed by atoms with Crippen molar-refractivity contribution in [3.63, 3.8) is 0 Å². The molecule has 0 unspecified atom stereocenters. The van der Waals surface area contributed by atoms with Gasteiger partial charge in [0.2, 0.25) is 0 Å². The van der Waals surface area contributed by atoms with Crippen molar-refractivity contribution >= 4 is 17.5 Å². The summed E-state index contributed by atoms with van der Waals surface area (Å²) in [5, 5.41) is 0.687. The van der Waals surface area contributed by atoms with Gasteiger partial charge >= 0.3 is 6.18 Å². The maximum atomic E-state index is 12.9. The first-order valence-corrected chi connectivity index (χ1v) is 9.14. The van der Waals surface area contributed by atoms with Crippen LogP contribution in [0.25, 0.3) is 0 Å². The van der Waals surface area contributed by atoms with Crippen LogP contribution in [-0.4, -0.2) is 41.9 Å². The average Bonchev–Trinajstić information content (AvgIpc) is 2.88. The predicted molar refractivity (Wildman–Crippen MR) is 98.7 cm³/mol. The van der Waals surface area contributed by atoms with E-state index >= 15 is 0 Å². The lowest BCUT2D eigenvalue weighted by Gasteiger charge is -2.22. The Morgan fingerprint density at radius 2 is 1.74 bits per heavy atom. The summed E-state index contributed by atoms with van der Waals surface area (Å²) in [4.78, 5) is 16.5. The highest BCUT2D eigenvalue weighted by atomic mass is 35.5. The van der Waals surface area contributed by atoms with Crippen molar-refractivity contribution in [1.82, 2.24) is 9.80 Å². The number of benzene rings is 2. The molecule has 1 aliphatic heterocycles. The molecule has 0 aliphatic carbocycles. The molecule has 1 saturated heterocycles. The van der Waals surface area contributed by atoms with E-state index in [0.29, 0.717) is 24.7 Å². The van der Waals surface area contributed by atoms with Gasteiger partial charge in [-0.2, -0.15) is 13.2 Å². The monoisotopic (exact) mass is 396 g/mol. The molecule has 7 heteroatoms. The quantitative estimate of drug-likeness (QED) is 0.750. The van der Waals surface area contributed by atoms with Gasteiger partial charge in [-0.25, -0.2) is 0 Å². The fraction of sp³-hybridized carbons (Fsp3) is 0.350. The van der Waals surface area contributed by atoms with Crippen molar-refractivity contribution in [2.75, 3.05) is 26.2 Å². The summed E-state index contributed by atoms with van der Waals surface area (Å²) < 4.78 is 38.6. The zero-order valence-corrected chi connectivity index (χ0v) is 15.4. The lowest BCUT2D eigenvalue weighted by Crippen LogP contribution is -2.35. The number of alkyl halides is 3. The molecular formula is C20H20ClF3N2O. The molecule has 0 saturated carbocycles. The van der Waals surface area contributed by atoms with Crippen LogP contribution in [0.3, 0.4) is 0 Å². The van der Waals surface area contributed by atoms with E-state index in [9.17, 15) is 18.0 Å². The number of hydrogen-bond donors (Lipinski definition) is 0. The smallest absolute Gasteiger partial charge is 0.337 e. The molecule has 27 heavy (non-hydrogen) atoms. The van der Waals surface area contributed by atoms with Gasteiger partial charge in [-0.15, -0.1) is 0 Å². The third-order valence-electron chi connectivity index (χ3n) is 4.63. The first-order valence-electron chi connectivity index (χ1n) is 8.76. The Kier molecular flexibility index (Phi) is 6.07. The standard InChI is InChI=1S/C20H20ClF3N2O/c21-18-7-5-15(6-8-18)14-25-9-2-10-26(12-11-25)19(27)16-3-1-4-17(13-16)20(22,23)24/h1,3-8,13H,2,9-12,14H2. The van der Waals surface area contributed by atoms with Crippen LogP contribution in [-0.2, 0) is 12.7 Å². The van der Waals surface area contributed by atoms with E-state index in [1.54, 1.807) is 4.90 Å². The van der Waals surface area contributed by atoms with Crippen molar-refractivity contribution in [2.45, 2.75) is 19.1 Å². The highest BCUT2D eigenvalue weighted by molar-refractivity contribution is 6.30. The zero-order chi connectivity index (χ0) is 19.4. The van der Waals surface area contributed by atoms with E-state index in [-0.39, 0.29) is 11.5 Å². The Labute approximate surface area is 161 Å². The van der Waals surface area contributed by atoms with Gasteiger partial charge in [-0.1, -0.05) is 29.8 Å². The maximum absolute atomic E-state index is 12.9. The van der Waals surface area contributed by atoms with Crippen LogP contribution in [0.2, 0.25) is 5.02 Å². The summed E-state index contributed by atoms with van der Waals surface area (Å²) in [5.41, 5.74) is 0.417. The van der Waals surface area contributed by atoms with Crippen molar-refractivity contribution in [2.24, 2.45) is 0 Å². The molecule has 2 aromatic carbocycles. The minimum Gasteiger partial charge on any atom is -0.337 e. The molecule has 1 amide bonds. The second-order valence-electron chi connectivity index (χ2n) is 6.63. The van der Waals surface area contributed by atoms with E-state index in [1.807, 2.05) is 24.3 Å². The molecule has 1 fully saturated rings. The molecule has 144 valence electrons. The highest BCUT2D eigenvalue weighted by Gasteiger charge is 2.31. The van der Waals surface area contributed by atoms with Gasteiger partial charge in [0, 0.05) is 43.3 Å². The number of hydrogen-bond acceptors (Lipinski definition) is 2. The SMILES string of the molecule is O=C(c1cccc(C(F)(F)F)c1)N1CCCN(Cc2ccc(Cl)cc2)CC1. The van der Waals surface area contributed by atoms with E-state index < -0.39 is 11.7 Å². The summed E-state index contributed by atoms with van der Waals surface area (Å²) in [6.45, 7) is 3.28. The molecule has 0 aromatic heterocycles. The van der Waals surface area contributed by atoms with Gasteiger partial charge < -0.3 is 4.90 Å². The highest BCUT2D eigenvalue weighted by Crippen LogP contribution is 2.29. The molecular weight excluding hydrogens is 377 g/mol. The number of carbonyl (C=O) groups is 1. The first kappa shape index (κ1) is 19.7. The molecule has 1 aliphatic rings. The Hall–Kier alpha value is -2.05. The number of nitrogens with zero attached hydrogens (tertiary/aromatic N) is 2. The topological polar surface area (TPSA) is 23.6 Å². The van der Waals surface area contributed by atoms with Crippen LogP contribution in [0.15, 0.2) is 48.5 Å². The van der Waals surface area contributed by atoms with E-state index in [1.165, 1.54) is 12.1 Å². The molecule has 0 bridgehead atoms. The van der Waals surface area contributed by atoms with Crippen LogP contribution >= 0.6 is 11.6 Å². The minimum absolute atomic E-state index is 0.0796. The van der Waals surface area contributed by atoms with Crippen LogP contribution in [0.4, 0.5) is 13.2 Å². The van der Waals surface area contributed by atoms with Crippen LogP contribution in [0.1, 0.15) is 27.9 Å². The molecule has 2 aromatic rings. The van der Waals surface area contributed by atoms with Crippen LogP contribution in [0.5, 0.6) is 0 Å². The Balaban J connectivity index is 1.63. The summed E-state index contributed by atoms with van der Waals surface area (Å²) >= 11 is 5.90. The van der Waals surface area contributed by atoms with Gasteiger partial charge in [-0.05, 0) is 42.3 Å². The molecule has 0 spiro atoms. The van der Waals surface area contributed by atoms with Crippen LogP contribution < -0.4 is 0 Å². The van der Waals surface area contributed by atoms with Gasteiger partial charge in [0.1, 0.15) is 0 Å². The molecule has 1 heterocycles. The predicted octanol–water partition coefficient (Wildman–Crippen LogP) is 4.71. The van der Waals surface area contributed by atoms with E-state index in [2.05, 4.69) is 4.90 Å². The number of halogens is 4. The number of rotatable bonds is 3. The van der Waals surface area contributed by atoms with Gasteiger partial charge in [0.05, 0.1) is 5.56 Å². The van der Waals surface area contributed by atoms with Crippen molar-refractivity contribution in [3.05, 3.63) is 70.2 Å². The fourth-order valence-corrected chi connectivity index (χ4v) is 3.32. The lowest BCUT2D eigenvalue weighted by atomic mass is 10.1. The summed E-state index contributed by atoms with van der Waals surface area (Å²) in [7, 11) is 0. The summed E-state index contributed by atoms with van der Waals surface area (Å²) in [6.07, 6.45) is -3.68. The molecule has 3 rings (SSSR count). The number of carbonyl (C=O) groups excluding carboxylic acids is 1. The third kappa shape index (κ3) is 5.23. The lowest BCUT2D eigenvalue weighted by molar-refractivity contribution is -0.137. The average molecular weight is 397 g/mol. The van der Waals surface area contributed by atoms with E-state index in [0.717, 1.165) is 37.2 Å². The minimum atomic E-state index is -4.45. The Morgan fingerprint density at radius 1 is 1.00 bits per heavy atom. The number of amides is 1. The van der Waals surface area contributed by atoms with Gasteiger partial charge in [0.15, 0.2) is 0 Å². The van der Waals surface area contributed by atoms with Crippen molar-refractivity contribution in [1.29, 1.82) is 0 Å². The second-order valence-corrected chi connectivity index (χ2v) is 7.06. The summed E-state index contributed by atoms with van der Waals surface area (Å²) in [5.74, 6) is -0.352. The van der Waals surface area contributed by atoms with Crippen molar-refractivity contribution < 1.29 is 18.0 Å². The van der Waals surface area contributed by atoms with Gasteiger partial charge in [0.25, 0.3) is 5.91 Å². The van der Waals surface area contributed by atoms with E-state index in [4.69, 9.17) is 11.6 Å². The maximum Gasteiger partial charge on any atom is 0.416 e. The summed E-state index contributed by atoms with van der Waals surface area (Å²) in [6, 6.07) is 12.3. The van der Waals surface area contributed by atoms with Crippen LogP contribution in [0, 0.1) is 0 Å². The molecule has 3 nitrogen and oxygen atoms in total. The Bertz CT molecular complexity index is 793. The molecule has 0 N–H and O–H groups in total. The van der Waals surface area contributed by atoms with Gasteiger partial charge in [-0.3, -0.25) is 9.69 Å². The molecule has 0 atom stereocenters. The first-order chi connectivity index (χ1) is 12.8. The fourth-order valence-electron chi connectivity index (χ4n) is 3.19. The normalized spacial score (nSPS) is 16.2. The second kappa shape index (κ2) is 8.31.